The summed E-state index contributed by atoms with van der Waals surface area (Å²) >= 11 is 0. The minimum absolute atomic E-state index is 0.521. The van der Waals surface area contributed by atoms with Crippen LogP contribution in [0.25, 0.3) is 54.2 Å². The number of anilines is 6. The summed E-state index contributed by atoms with van der Waals surface area (Å²) in [7, 11) is 0. The van der Waals surface area contributed by atoms with Crippen LogP contribution in [0.4, 0.5) is 34.1 Å². The van der Waals surface area contributed by atoms with Gasteiger partial charge in [-0.25, -0.2) is 0 Å². The molecular weight excluding hydrogens is 965 g/mol. The second kappa shape index (κ2) is 18.2. The highest BCUT2D eigenvalue weighted by atomic mass is 15.1. The van der Waals surface area contributed by atoms with E-state index in [0.717, 1.165) is 45.3 Å². The Bertz CT molecular complexity index is 4280. The Morgan fingerprint density at radius 3 is 0.812 bits per heavy atom. The third-order valence-corrected chi connectivity index (χ3v) is 17.5. The normalized spacial score (nSPS) is 13.4. The van der Waals surface area contributed by atoms with E-state index in [4.69, 9.17) is 0 Å². The molecule has 14 aromatic carbocycles. The van der Waals surface area contributed by atoms with Gasteiger partial charge in [0.2, 0.25) is 0 Å². The molecule has 0 heterocycles. The number of para-hydroxylation sites is 2. The Morgan fingerprint density at radius 1 is 0.188 bits per heavy atom. The molecule has 2 nitrogen and oxygen atoms in total. The largest absolute Gasteiger partial charge is 0.310 e. The minimum atomic E-state index is -0.521. The molecule has 0 bridgehead atoms. The van der Waals surface area contributed by atoms with Crippen molar-refractivity contribution < 1.29 is 0 Å². The maximum absolute atomic E-state index is 2.48. The molecule has 16 rings (SSSR count). The maximum atomic E-state index is 2.48. The number of hydrogen-bond donors (Lipinski definition) is 0. The summed E-state index contributed by atoms with van der Waals surface area (Å²) in [5, 5.41) is 10.3. The van der Waals surface area contributed by atoms with Crippen molar-refractivity contribution in [2.75, 3.05) is 9.80 Å². The molecule has 0 radical (unpaired) electrons. The van der Waals surface area contributed by atoms with E-state index in [1.807, 2.05) is 0 Å². The monoisotopic (exact) mass is 1020 g/mol. The zero-order valence-electron chi connectivity index (χ0n) is 43.9. The smallest absolute Gasteiger partial charge is 0.0714 e. The van der Waals surface area contributed by atoms with Gasteiger partial charge in [0.15, 0.2) is 0 Å². The first kappa shape index (κ1) is 45.9. The molecule has 374 valence electrons. The summed E-state index contributed by atoms with van der Waals surface area (Å²) in [4.78, 5) is 4.86. The van der Waals surface area contributed by atoms with Crippen LogP contribution in [0, 0.1) is 0 Å². The molecule has 2 aliphatic rings. The third-order valence-electron chi connectivity index (χ3n) is 17.5. The molecule has 0 aliphatic heterocycles. The summed E-state index contributed by atoms with van der Waals surface area (Å²) in [5.74, 6) is 0. The van der Waals surface area contributed by atoms with Gasteiger partial charge in [-0.1, -0.05) is 243 Å². The minimum Gasteiger partial charge on any atom is -0.310 e. The fraction of sp³-hybridized carbons (Fsp3) is 0.0256. The number of rotatable bonds is 11. The maximum Gasteiger partial charge on any atom is 0.0714 e. The Labute approximate surface area is 466 Å². The van der Waals surface area contributed by atoms with Crippen molar-refractivity contribution in [3.63, 3.8) is 0 Å². The van der Waals surface area contributed by atoms with Crippen LogP contribution in [0.15, 0.2) is 315 Å². The Morgan fingerprint density at radius 2 is 0.475 bits per heavy atom. The van der Waals surface area contributed by atoms with Gasteiger partial charge < -0.3 is 9.80 Å². The lowest BCUT2D eigenvalue weighted by molar-refractivity contribution is 0.771. The van der Waals surface area contributed by atoms with E-state index in [-0.39, 0.29) is 0 Å². The fourth-order valence-corrected chi connectivity index (χ4v) is 14.2. The lowest BCUT2D eigenvalue weighted by Gasteiger charge is -2.35. The van der Waals surface area contributed by atoms with E-state index < -0.39 is 10.8 Å². The summed E-state index contributed by atoms with van der Waals surface area (Å²) < 4.78 is 0. The molecule has 0 saturated carbocycles. The summed E-state index contributed by atoms with van der Waals surface area (Å²) in [6.07, 6.45) is 0. The van der Waals surface area contributed by atoms with Crippen LogP contribution in [0.3, 0.4) is 0 Å². The highest BCUT2D eigenvalue weighted by molar-refractivity contribution is 6.18. The van der Waals surface area contributed by atoms with E-state index in [0.29, 0.717) is 0 Å². The molecule has 0 atom stereocenters. The van der Waals surface area contributed by atoms with Gasteiger partial charge in [0.25, 0.3) is 0 Å². The lowest BCUT2D eigenvalue weighted by atomic mass is 9.67. The van der Waals surface area contributed by atoms with Gasteiger partial charge in [-0.15, -0.1) is 0 Å². The van der Waals surface area contributed by atoms with Crippen molar-refractivity contribution >= 4 is 77.2 Å². The molecule has 2 aliphatic carbocycles. The average Bonchev–Trinajstić information content (AvgIpc) is 4.25. The van der Waals surface area contributed by atoms with Gasteiger partial charge >= 0.3 is 0 Å². The first-order chi connectivity index (χ1) is 39.7. The second-order valence-electron chi connectivity index (χ2n) is 21.5. The van der Waals surface area contributed by atoms with Crippen molar-refractivity contribution in [1.82, 2.24) is 0 Å². The molecule has 0 amide bonds. The van der Waals surface area contributed by atoms with E-state index in [2.05, 4.69) is 325 Å². The molecule has 0 aromatic heterocycles. The molecule has 80 heavy (non-hydrogen) atoms. The summed E-state index contributed by atoms with van der Waals surface area (Å²) in [5.41, 5.74) is 18.2. The number of benzene rings is 14. The fourth-order valence-electron chi connectivity index (χ4n) is 14.2. The Balaban J connectivity index is 0.809. The van der Waals surface area contributed by atoms with Crippen molar-refractivity contribution in [3.05, 3.63) is 360 Å². The molecule has 0 spiro atoms. The van der Waals surface area contributed by atoms with Crippen LogP contribution in [0.1, 0.15) is 44.5 Å². The number of hydrogen-bond acceptors (Lipinski definition) is 2. The van der Waals surface area contributed by atoms with Gasteiger partial charge in [0.1, 0.15) is 0 Å². The van der Waals surface area contributed by atoms with Gasteiger partial charge in [-0.2, -0.15) is 0 Å². The predicted octanol–water partition coefficient (Wildman–Crippen LogP) is 20.3. The number of nitrogens with zero attached hydrogens (tertiary/aromatic N) is 2. The molecule has 2 heteroatoms. The zero-order chi connectivity index (χ0) is 52.8. The van der Waals surface area contributed by atoms with E-state index in [1.165, 1.54) is 87.6 Å². The van der Waals surface area contributed by atoms with Gasteiger partial charge in [0.05, 0.1) is 10.8 Å². The van der Waals surface area contributed by atoms with Crippen molar-refractivity contribution in [1.29, 1.82) is 0 Å². The average molecular weight is 1020 g/mol. The van der Waals surface area contributed by atoms with Gasteiger partial charge in [0, 0.05) is 34.1 Å². The first-order valence-electron chi connectivity index (χ1n) is 27.8. The quantitative estimate of drug-likeness (QED) is 0.119. The highest BCUT2D eigenvalue weighted by Crippen LogP contribution is 2.59. The Hall–Kier alpha value is -10.3. The van der Waals surface area contributed by atoms with Crippen LogP contribution in [0.5, 0.6) is 0 Å². The van der Waals surface area contributed by atoms with Gasteiger partial charge in [-0.3, -0.25) is 0 Å². The second-order valence-corrected chi connectivity index (χ2v) is 21.5. The SMILES string of the molecule is c1ccc(N(c2ccc(-c3ccc(N(c4ccccc4)c4cc5c6c(ccc7cccc(c76)C5(c5ccccc5)c5ccccc5)c4)cc3)cc2)c2cc3c4c(ccc5cccc(c54)C3(c3ccccc3)c3ccccc3)c2)cc1. The van der Waals surface area contributed by atoms with Crippen LogP contribution >= 0.6 is 0 Å². The zero-order valence-corrected chi connectivity index (χ0v) is 43.9. The summed E-state index contributed by atoms with van der Waals surface area (Å²) in [6.45, 7) is 0. The molecule has 0 unspecified atom stereocenters. The molecule has 14 aromatic rings. The molecular formula is C78H52N2. The standard InChI is InChI=1S/C78H52N2/c1-7-23-59(24-8-1)77(60-25-9-2-10-26-60)69-35-19-21-55-37-39-57-49-67(51-71(77)75(57)73(55)69)79(63-31-15-5-16-32-63)65-45-41-53(42-46-65)54-43-47-66(48-44-54)80(64-33-17-6-18-34-64)68-50-58-40-38-56-22-20-36-70-74(56)76(58)72(52-68)78(70,61-27-11-3-12-28-61)62-29-13-4-14-30-62/h1-52H. The van der Waals surface area contributed by atoms with Crippen LogP contribution in [0.2, 0.25) is 0 Å². The third kappa shape index (κ3) is 6.73. The predicted molar refractivity (Wildman–Crippen MR) is 335 cm³/mol. The Kier molecular flexibility index (Phi) is 10.4. The molecule has 0 fully saturated rings. The van der Waals surface area contributed by atoms with Crippen molar-refractivity contribution in [2.24, 2.45) is 0 Å². The summed E-state index contributed by atoms with van der Waals surface area (Å²) in [6, 6.07) is 117. The van der Waals surface area contributed by atoms with Crippen molar-refractivity contribution in [3.8, 4) is 11.1 Å². The molecule has 0 saturated heterocycles. The van der Waals surface area contributed by atoms with Crippen LogP contribution in [-0.4, -0.2) is 0 Å². The van der Waals surface area contributed by atoms with Crippen LogP contribution < -0.4 is 9.80 Å². The highest BCUT2D eigenvalue weighted by Gasteiger charge is 2.47. The van der Waals surface area contributed by atoms with E-state index >= 15 is 0 Å². The lowest BCUT2D eigenvalue weighted by Crippen LogP contribution is -2.29. The van der Waals surface area contributed by atoms with E-state index in [1.54, 1.807) is 0 Å². The molecule has 0 N–H and O–H groups in total. The van der Waals surface area contributed by atoms with Crippen molar-refractivity contribution in [2.45, 2.75) is 10.8 Å². The van der Waals surface area contributed by atoms with E-state index in [9.17, 15) is 0 Å². The first-order valence-corrected chi connectivity index (χ1v) is 27.8. The topological polar surface area (TPSA) is 6.48 Å². The van der Waals surface area contributed by atoms with Gasteiger partial charge in [-0.05, 0) is 172 Å². The van der Waals surface area contributed by atoms with Crippen LogP contribution in [-0.2, 0) is 10.8 Å².